The molecule has 0 N–H and O–H groups in total. The van der Waals surface area contributed by atoms with Crippen LogP contribution in [-0.4, -0.2) is 16.4 Å². The quantitative estimate of drug-likeness (QED) is 0.171. The molecule has 0 saturated carbocycles. The number of ether oxygens (including phenoxy) is 1. The standard InChI is InChI=1S/C28H15F5N2OS/c29-27(30,28(31,32)33)21-10-4-5-11-22(21)36-26-20-14-17-8-2-1-7-16(17)13-19(20)25(34-35-26)24-15-18-9-3-6-12-23(18)37-24/h1-15H. The molecule has 0 radical (unpaired) electrons. The average Bonchev–Trinajstić information content (AvgIpc) is 3.31. The number of para-hydroxylation sites is 1. The van der Waals surface area contributed by atoms with Crippen molar-refractivity contribution in [1.29, 1.82) is 0 Å². The Labute approximate surface area is 210 Å². The smallest absolute Gasteiger partial charge is 0.437 e. The van der Waals surface area contributed by atoms with Crippen LogP contribution in [0.5, 0.6) is 11.6 Å². The van der Waals surface area contributed by atoms with Gasteiger partial charge in [-0.1, -0.05) is 54.6 Å². The number of rotatable bonds is 4. The molecule has 4 aromatic carbocycles. The lowest BCUT2D eigenvalue weighted by molar-refractivity contribution is -0.289. The summed E-state index contributed by atoms with van der Waals surface area (Å²) in [6, 6.07) is 25.2. The second-order valence-corrected chi connectivity index (χ2v) is 9.50. The highest BCUT2D eigenvalue weighted by molar-refractivity contribution is 7.22. The Balaban J connectivity index is 1.56. The maximum Gasteiger partial charge on any atom is 0.458 e. The van der Waals surface area contributed by atoms with Gasteiger partial charge in [-0.05, 0) is 52.6 Å². The van der Waals surface area contributed by atoms with Crippen LogP contribution in [0.4, 0.5) is 22.0 Å². The van der Waals surface area contributed by atoms with Crippen molar-refractivity contribution < 1.29 is 26.7 Å². The van der Waals surface area contributed by atoms with Crippen LogP contribution in [0.25, 0.3) is 42.2 Å². The molecule has 37 heavy (non-hydrogen) atoms. The Kier molecular flexibility index (Phi) is 5.34. The van der Waals surface area contributed by atoms with E-state index in [0.29, 0.717) is 22.5 Å². The molecule has 0 spiro atoms. The number of aromatic nitrogens is 2. The molecule has 9 heteroatoms. The Morgan fingerprint density at radius 2 is 1.27 bits per heavy atom. The van der Waals surface area contributed by atoms with E-state index < -0.39 is 23.4 Å². The van der Waals surface area contributed by atoms with Gasteiger partial charge >= 0.3 is 12.1 Å². The summed E-state index contributed by atoms with van der Waals surface area (Å²) in [6.07, 6.45) is -5.79. The van der Waals surface area contributed by atoms with Crippen molar-refractivity contribution in [3.05, 3.63) is 96.6 Å². The molecule has 3 nitrogen and oxygen atoms in total. The third kappa shape index (κ3) is 3.95. The van der Waals surface area contributed by atoms with E-state index in [2.05, 4.69) is 10.2 Å². The minimum Gasteiger partial charge on any atom is -0.437 e. The number of alkyl halides is 5. The fourth-order valence-electron chi connectivity index (χ4n) is 4.24. The predicted molar refractivity (Wildman–Crippen MR) is 134 cm³/mol. The number of fused-ring (bicyclic) bond motifs is 3. The monoisotopic (exact) mass is 522 g/mol. The summed E-state index contributed by atoms with van der Waals surface area (Å²) >= 11 is 1.52. The molecule has 0 aliphatic rings. The number of benzene rings is 4. The number of halogens is 5. The van der Waals surface area contributed by atoms with Gasteiger partial charge in [-0.2, -0.15) is 22.0 Å². The van der Waals surface area contributed by atoms with Crippen molar-refractivity contribution in [3.8, 4) is 22.2 Å². The molecular formula is C28H15F5N2OS. The highest BCUT2D eigenvalue weighted by Gasteiger charge is 2.60. The molecule has 0 bridgehead atoms. The van der Waals surface area contributed by atoms with Crippen molar-refractivity contribution in [1.82, 2.24) is 10.2 Å². The second-order valence-electron chi connectivity index (χ2n) is 8.42. The van der Waals surface area contributed by atoms with E-state index in [4.69, 9.17) is 4.74 Å². The van der Waals surface area contributed by atoms with Gasteiger partial charge in [-0.15, -0.1) is 21.5 Å². The molecule has 0 aliphatic heterocycles. The van der Waals surface area contributed by atoms with Gasteiger partial charge in [-0.25, -0.2) is 0 Å². The molecule has 0 aliphatic carbocycles. The van der Waals surface area contributed by atoms with Gasteiger partial charge in [0.15, 0.2) is 0 Å². The van der Waals surface area contributed by atoms with E-state index in [1.165, 1.54) is 17.4 Å². The molecular weight excluding hydrogens is 507 g/mol. The molecule has 0 saturated heterocycles. The highest BCUT2D eigenvalue weighted by atomic mass is 32.1. The van der Waals surface area contributed by atoms with Crippen LogP contribution >= 0.6 is 11.3 Å². The van der Waals surface area contributed by atoms with Gasteiger partial charge in [0.1, 0.15) is 11.4 Å². The molecule has 6 rings (SSSR count). The van der Waals surface area contributed by atoms with Crippen molar-refractivity contribution >= 4 is 43.0 Å². The first kappa shape index (κ1) is 23.3. The Morgan fingerprint density at radius 1 is 0.649 bits per heavy atom. The summed E-state index contributed by atoms with van der Waals surface area (Å²) in [5.41, 5.74) is -0.741. The largest absolute Gasteiger partial charge is 0.458 e. The zero-order valence-electron chi connectivity index (χ0n) is 18.8. The molecule has 0 amide bonds. The van der Waals surface area contributed by atoms with E-state index in [1.54, 1.807) is 6.07 Å². The van der Waals surface area contributed by atoms with Gasteiger partial charge in [-0.3, -0.25) is 0 Å². The lowest BCUT2D eigenvalue weighted by Gasteiger charge is -2.22. The maximum atomic E-state index is 14.3. The number of nitrogens with zero attached hydrogens (tertiary/aromatic N) is 2. The summed E-state index contributed by atoms with van der Waals surface area (Å²) in [7, 11) is 0. The molecule has 0 atom stereocenters. The number of thiophene rings is 1. The van der Waals surface area contributed by atoms with Gasteiger partial charge in [0.2, 0.25) is 5.88 Å². The summed E-state index contributed by atoms with van der Waals surface area (Å²) in [5.74, 6) is -5.93. The van der Waals surface area contributed by atoms with Crippen LogP contribution in [0.15, 0.2) is 91.0 Å². The zero-order valence-corrected chi connectivity index (χ0v) is 19.6. The predicted octanol–water partition coefficient (Wildman–Crippen LogP) is 9.11. The van der Waals surface area contributed by atoms with Gasteiger partial charge in [0.05, 0.1) is 10.4 Å². The normalized spacial score (nSPS) is 12.5. The topological polar surface area (TPSA) is 35.0 Å². The Morgan fingerprint density at radius 3 is 1.97 bits per heavy atom. The Hall–Kier alpha value is -4.11. The van der Waals surface area contributed by atoms with E-state index >= 15 is 0 Å². The minimum absolute atomic E-state index is 0.170. The molecule has 2 aromatic heterocycles. The van der Waals surface area contributed by atoms with E-state index in [0.717, 1.165) is 37.9 Å². The van der Waals surface area contributed by atoms with Crippen LogP contribution in [0.3, 0.4) is 0 Å². The van der Waals surface area contributed by atoms with E-state index in [-0.39, 0.29) is 5.88 Å². The molecule has 184 valence electrons. The lowest BCUT2D eigenvalue weighted by Crippen LogP contribution is -2.33. The fourth-order valence-corrected chi connectivity index (χ4v) is 5.31. The maximum absolute atomic E-state index is 14.3. The van der Waals surface area contributed by atoms with Gasteiger partial charge in [0.25, 0.3) is 0 Å². The number of hydrogen-bond acceptors (Lipinski definition) is 4. The van der Waals surface area contributed by atoms with Crippen LogP contribution in [0, 0.1) is 0 Å². The third-order valence-electron chi connectivity index (χ3n) is 6.06. The summed E-state index contributed by atoms with van der Waals surface area (Å²) < 4.78 is 74.8. The first-order chi connectivity index (χ1) is 17.7. The summed E-state index contributed by atoms with van der Waals surface area (Å²) in [4.78, 5) is 0.838. The van der Waals surface area contributed by atoms with Crippen molar-refractivity contribution in [2.45, 2.75) is 12.1 Å². The van der Waals surface area contributed by atoms with Crippen LogP contribution < -0.4 is 4.74 Å². The average molecular weight is 522 g/mol. The molecule has 0 unspecified atom stereocenters. The molecule has 6 aromatic rings. The van der Waals surface area contributed by atoms with Crippen LogP contribution in [-0.2, 0) is 5.92 Å². The van der Waals surface area contributed by atoms with E-state index in [9.17, 15) is 22.0 Å². The second kappa shape index (κ2) is 8.48. The van der Waals surface area contributed by atoms with Crippen LogP contribution in [0.2, 0.25) is 0 Å². The van der Waals surface area contributed by atoms with Crippen molar-refractivity contribution in [3.63, 3.8) is 0 Å². The lowest BCUT2D eigenvalue weighted by atomic mass is 10.0. The minimum atomic E-state index is -5.79. The first-order valence-electron chi connectivity index (χ1n) is 11.1. The van der Waals surface area contributed by atoms with Crippen molar-refractivity contribution in [2.24, 2.45) is 0 Å². The zero-order chi connectivity index (χ0) is 25.8. The van der Waals surface area contributed by atoms with Crippen molar-refractivity contribution in [2.75, 3.05) is 0 Å². The highest BCUT2D eigenvalue weighted by Crippen LogP contribution is 2.48. The molecule has 0 fully saturated rings. The summed E-state index contributed by atoms with van der Waals surface area (Å²) in [6.45, 7) is 0. The third-order valence-corrected chi connectivity index (χ3v) is 7.18. The Bertz CT molecular complexity index is 1760. The summed E-state index contributed by atoms with van der Waals surface area (Å²) in [5, 5.41) is 12.3. The van der Waals surface area contributed by atoms with Crippen LogP contribution in [0.1, 0.15) is 5.56 Å². The SMILES string of the molecule is FC(F)(F)C(F)(F)c1ccccc1Oc1nnc(-c2cc3ccccc3s2)c2cc3ccccc3cc12. The van der Waals surface area contributed by atoms with E-state index in [1.807, 2.05) is 60.7 Å². The first-order valence-corrected chi connectivity index (χ1v) is 11.9. The number of hydrogen-bond donors (Lipinski definition) is 0. The van der Waals surface area contributed by atoms with Gasteiger partial charge in [0, 0.05) is 15.5 Å². The fraction of sp³-hybridized carbons (Fsp3) is 0.0714. The van der Waals surface area contributed by atoms with Gasteiger partial charge < -0.3 is 4.74 Å². The molecule has 2 heterocycles.